The molecule has 106 valence electrons. The summed E-state index contributed by atoms with van der Waals surface area (Å²) in [6, 6.07) is 2.83. The largest absolute Gasteiger partial charge is 0.481 e. The summed E-state index contributed by atoms with van der Waals surface area (Å²) in [6.07, 6.45) is 0.114. The Labute approximate surface area is 113 Å². The highest BCUT2D eigenvalue weighted by Crippen LogP contribution is 2.38. The Morgan fingerprint density at radius 3 is 2.45 bits per heavy atom. The van der Waals surface area contributed by atoms with Gasteiger partial charge in [-0.2, -0.15) is 0 Å². The summed E-state index contributed by atoms with van der Waals surface area (Å²) in [6.45, 7) is 0.00392. The molecule has 1 aromatic carbocycles. The van der Waals surface area contributed by atoms with Crippen LogP contribution in [0.4, 0.5) is 0 Å². The van der Waals surface area contributed by atoms with Crippen LogP contribution in [0.15, 0.2) is 12.1 Å². The molecule has 2 N–H and O–H groups in total. The smallest absolute Gasteiger partial charge is 0.311 e. The van der Waals surface area contributed by atoms with Gasteiger partial charge in [0.25, 0.3) is 0 Å². The first-order chi connectivity index (χ1) is 9.52. The fraction of sp³-hybridized carbons (Fsp3) is 0.308. The first-order valence-electron chi connectivity index (χ1n) is 5.86. The van der Waals surface area contributed by atoms with Gasteiger partial charge in [-0.1, -0.05) is 0 Å². The zero-order valence-electron chi connectivity index (χ0n) is 10.4. The highest BCUT2D eigenvalue weighted by atomic mass is 16.7. The van der Waals surface area contributed by atoms with Crippen LogP contribution in [0, 0.1) is 0 Å². The van der Waals surface area contributed by atoms with Gasteiger partial charge in [-0.05, 0) is 24.1 Å². The predicted octanol–water partition coefficient (Wildman–Crippen LogP) is 1.26. The Kier molecular flexibility index (Phi) is 3.88. The molecule has 0 saturated heterocycles. The van der Waals surface area contributed by atoms with E-state index < -0.39 is 17.9 Å². The number of ether oxygens (including phenoxy) is 2. The lowest BCUT2D eigenvalue weighted by Gasteiger charge is -2.14. The Hall–Kier alpha value is -2.57. The number of rotatable bonds is 6. The molecule has 2 rings (SSSR count). The normalized spacial score (nSPS) is 13.8. The van der Waals surface area contributed by atoms with Crippen molar-refractivity contribution in [2.24, 2.45) is 0 Å². The van der Waals surface area contributed by atoms with Crippen molar-refractivity contribution in [1.29, 1.82) is 0 Å². The van der Waals surface area contributed by atoms with E-state index in [1.165, 1.54) is 12.1 Å². The van der Waals surface area contributed by atoms with E-state index in [2.05, 4.69) is 0 Å². The van der Waals surface area contributed by atoms with Crippen LogP contribution < -0.4 is 9.47 Å². The Morgan fingerprint density at radius 1 is 1.25 bits per heavy atom. The molecule has 0 aromatic heterocycles. The van der Waals surface area contributed by atoms with Crippen molar-refractivity contribution in [1.82, 2.24) is 0 Å². The molecule has 1 heterocycles. The number of carbonyl (C=O) groups is 3. The fourth-order valence-corrected chi connectivity index (χ4v) is 2.06. The van der Waals surface area contributed by atoms with Gasteiger partial charge >= 0.3 is 11.9 Å². The molecule has 1 unspecified atom stereocenters. The topological polar surface area (TPSA) is 110 Å². The summed E-state index contributed by atoms with van der Waals surface area (Å²) in [5, 5.41) is 17.9. The molecule has 0 bridgehead atoms. The standard InChI is InChI=1S/C13H12O7/c14-5-7-3-10-11(20-6-19-10)4-9(7)8(13(17)18)1-2-12(15)16/h3-5,8H,1-2,6H2,(H,15,16)(H,17,18). The van der Waals surface area contributed by atoms with Crippen LogP contribution in [-0.2, 0) is 9.59 Å². The molecule has 0 fully saturated rings. The van der Waals surface area contributed by atoms with Crippen LogP contribution in [0.1, 0.15) is 34.7 Å². The van der Waals surface area contributed by atoms with Crippen molar-refractivity contribution in [2.45, 2.75) is 18.8 Å². The molecule has 0 amide bonds. The van der Waals surface area contributed by atoms with Crippen molar-refractivity contribution in [3.63, 3.8) is 0 Å². The average molecular weight is 280 g/mol. The number of carbonyl (C=O) groups excluding carboxylic acids is 1. The number of hydrogen-bond acceptors (Lipinski definition) is 5. The Morgan fingerprint density at radius 2 is 1.90 bits per heavy atom. The van der Waals surface area contributed by atoms with E-state index >= 15 is 0 Å². The van der Waals surface area contributed by atoms with Gasteiger partial charge in [-0.3, -0.25) is 14.4 Å². The molecule has 0 spiro atoms. The third kappa shape index (κ3) is 2.71. The molecule has 1 aromatic rings. The lowest BCUT2D eigenvalue weighted by atomic mass is 9.90. The Balaban J connectivity index is 2.39. The molecule has 1 aliphatic rings. The maximum absolute atomic E-state index is 11.3. The SMILES string of the molecule is O=Cc1cc2c(cc1C(CCC(=O)O)C(=O)O)OCO2. The second-order valence-electron chi connectivity index (χ2n) is 4.28. The van der Waals surface area contributed by atoms with Gasteiger partial charge in [0.15, 0.2) is 11.5 Å². The molecule has 1 atom stereocenters. The van der Waals surface area contributed by atoms with Crippen molar-refractivity contribution in [3.05, 3.63) is 23.3 Å². The molecule has 7 heteroatoms. The molecule has 1 aliphatic heterocycles. The van der Waals surface area contributed by atoms with E-state index in [1.807, 2.05) is 0 Å². The van der Waals surface area contributed by atoms with Crippen LogP contribution >= 0.6 is 0 Å². The van der Waals surface area contributed by atoms with Crippen LogP contribution in [0.5, 0.6) is 11.5 Å². The zero-order chi connectivity index (χ0) is 14.7. The van der Waals surface area contributed by atoms with Gasteiger partial charge in [-0.25, -0.2) is 0 Å². The minimum atomic E-state index is -1.19. The first-order valence-corrected chi connectivity index (χ1v) is 5.86. The molecule has 0 saturated carbocycles. The fourth-order valence-electron chi connectivity index (χ4n) is 2.06. The number of carboxylic acids is 2. The highest BCUT2D eigenvalue weighted by Gasteiger charge is 2.27. The quantitative estimate of drug-likeness (QED) is 0.754. The highest BCUT2D eigenvalue weighted by molar-refractivity contribution is 5.86. The van der Waals surface area contributed by atoms with E-state index in [1.54, 1.807) is 0 Å². The van der Waals surface area contributed by atoms with Crippen LogP contribution in [0.2, 0.25) is 0 Å². The van der Waals surface area contributed by atoms with Crippen molar-refractivity contribution < 1.29 is 34.1 Å². The lowest BCUT2D eigenvalue weighted by Crippen LogP contribution is -2.15. The molecule has 0 radical (unpaired) electrons. The molecular formula is C13H12O7. The molecule has 0 aliphatic carbocycles. The monoisotopic (exact) mass is 280 g/mol. The van der Waals surface area contributed by atoms with E-state index in [0.717, 1.165) is 0 Å². The lowest BCUT2D eigenvalue weighted by molar-refractivity contribution is -0.140. The Bertz CT molecular complexity index is 564. The van der Waals surface area contributed by atoms with Gasteiger partial charge in [0.2, 0.25) is 6.79 Å². The minimum absolute atomic E-state index is 0.00392. The maximum Gasteiger partial charge on any atom is 0.311 e. The van der Waals surface area contributed by atoms with E-state index in [4.69, 9.17) is 14.6 Å². The summed E-state index contributed by atoms with van der Waals surface area (Å²) < 4.78 is 10.3. The van der Waals surface area contributed by atoms with Crippen LogP contribution in [0.25, 0.3) is 0 Å². The predicted molar refractivity (Wildman–Crippen MR) is 65.2 cm³/mol. The number of aldehydes is 1. The molecule has 7 nitrogen and oxygen atoms in total. The first kappa shape index (κ1) is 13.9. The zero-order valence-corrected chi connectivity index (χ0v) is 10.4. The summed E-state index contributed by atoms with van der Waals surface area (Å²) in [7, 11) is 0. The summed E-state index contributed by atoms with van der Waals surface area (Å²) in [5.74, 6) is -2.64. The third-order valence-corrected chi connectivity index (χ3v) is 3.03. The summed E-state index contributed by atoms with van der Waals surface area (Å²) in [4.78, 5) is 33.0. The number of benzene rings is 1. The van der Waals surface area contributed by atoms with Crippen LogP contribution in [-0.4, -0.2) is 35.2 Å². The van der Waals surface area contributed by atoms with E-state index in [0.29, 0.717) is 17.8 Å². The second-order valence-corrected chi connectivity index (χ2v) is 4.28. The number of hydrogen-bond donors (Lipinski definition) is 2. The second kappa shape index (κ2) is 5.60. The number of carboxylic acid groups (broad SMARTS) is 2. The minimum Gasteiger partial charge on any atom is -0.481 e. The molecule has 20 heavy (non-hydrogen) atoms. The van der Waals surface area contributed by atoms with Gasteiger partial charge in [0, 0.05) is 12.0 Å². The third-order valence-electron chi connectivity index (χ3n) is 3.03. The number of fused-ring (bicyclic) bond motifs is 1. The van der Waals surface area contributed by atoms with Gasteiger partial charge < -0.3 is 19.7 Å². The van der Waals surface area contributed by atoms with E-state index in [-0.39, 0.29) is 30.8 Å². The summed E-state index contributed by atoms with van der Waals surface area (Å²) >= 11 is 0. The van der Waals surface area contributed by atoms with Gasteiger partial charge in [0.05, 0.1) is 5.92 Å². The average Bonchev–Trinajstić information content (AvgIpc) is 2.84. The van der Waals surface area contributed by atoms with Crippen molar-refractivity contribution in [2.75, 3.05) is 6.79 Å². The van der Waals surface area contributed by atoms with Crippen LogP contribution in [0.3, 0.4) is 0 Å². The van der Waals surface area contributed by atoms with Gasteiger partial charge in [0.1, 0.15) is 6.29 Å². The van der Waals surface area contributed by atoms with E-state index in [9.17, 15) is 19.5 Å². The summed E-state index contributed by atoms with van der Waals surface area (Å²) in [5.41, 5.74) is 0.394. The van der Waals surface area contributed by atoms with Crippen molar-refractivity contribution in [3.8, 4) is 11.5 Å². The van der Waals surface area contributed by atoms with Crippen molar-refractivity contribution >= 4 is 18.2 Å². The molecular weight excluding hydrogens is 268 g/mol. The maximum atomic E-state index is 11.3. The van der Waals surface area contributed by atoms with Gasteiger partial charge in [-0.15, -0.1) is 0 Å². The number of aliphatic carboxylic acids is 2.